The van der Waals surface area contributed by atoms with Crippen LogP contribution in [0.1, 0.15) is 74.6 Å². The van der Waals surface area contributed by atoms with Crippen molar-refractivity contribution in [1.29, 1.82) is 0 Å². The number of ether oxygens (including phenoxy) is 1. The highest BCUT2D eigenvalue weighted by Gasteiger charge is 2.15. The van der Waals surface area contributed by atoms with Gasteiger partial charge in [-0.15, -0.1) is 13.2 Å². The molecule has 0 aromatic heterocycles. The van der Waals surface area contributed by atoms with Crippen LogP contribution in [-0.4, -0.2) is 95.8 Å². The van der Waals surface area contributed by atoms with Crippen molar-refractivity contribution in [3.05, 3.63) is 79.2 Å². The number of nitrogens with zero attached hydrogens (tertiary/aromatic N) is 2. The van der Waals surface area contributed by atoms with Crippen molar-refractivity contribution in [3.8, 4) is 5.75 Å². The Balaban J connectivity index is 0.00000212. The molecule has 0 bridgehead atoms. The fourth-order valence-corrected chi connectivity index (χ4v) is 4.26. The van der Waals surface area contributed by atoms with E-state index >= 15 is 0 Å². The van der Waals surface area contributed by atoms with Crippen molar-refractivity contribution in [2.24, 2.45) is 0 Å². The first kappa shape index (κ1) is 41.4. The van der Waals surface area contributed by atoms with Gasteiger partial charge in [-0.05, 0) is 51.7 Å². The number of rotatable bonds is 25. The van der Waals surface area contributed by atoms with Gasteiger partial charge in [0.15, 0.2) is 17.3 Å². The second-order valence-corrected chi connectivity index (χ2v) is 10.9. The molecule has 0 amide bonds. The van der Waals surface area contributed by atoms with Crippen LogP contribution in [0.25, 0.3) is 0 Å². The summed E-state index contributed by atoms with van der Waals surface area (Å²) in [5, 5.41) is 25.9. The summed E-state index contributed by atoms with van der Waals surface area (Å²) in [6.07, 6.45) is 17.9. The number of carbonyl (C=O) groups is 3. The Bertz CT molecular complexity index is 1060. The molecule has 0 heterocycles. The average Bonchev–Trinajstić information content (AvgIpc) is 2.98. The van der Waals surface area contributed by atoms with E-state index in [1.807, 2.05) is 31.4 Å². The molecule has 3 N–H and O–H groups in total. The van der Waals surface area contributed by atoms with Crippen LogP contribution in [0.15, 0.2) is 67.8 Å². The summed E-state index contributed by atoms with van der Waals surface area (Å²) in [4.78, 5) is 35.9. The molecule has 0 radical (unpaired) electrons. The Labute approximate surface area is 268 Å². The van der Waals surface area contributed by atoms with Crippen LogP contribution in [0.5, 0.6) is 5.75 Å². The number of hydrogen-bond donors (Lipinski definition) is 3. The Morgan fingerprint density at radius 1 is 0.844 bits per heavy atom. The number of carboxylic acid groups (broad SMARTS) is 2. The second-order valence-electron chi connectivity index (χ2n) is 10.9. The lowest BCUT2D eigenvalue weighted by Gasteiger charge is -2.13. The number of ketones is 1. The summed E-state index contributed by atoms with van der Waals surface area (Å²) in [6.45, 7) is 11.3. The van der Waals surface area contributed by atoms with Gasteiger partial charge in [-0.25, -0.2) is 14.0 Å². The van der Waals surface area contributed by atoms with Gasteiger partial charge in [0.05, 0.1) is 6.10 Å². The van der Waals surface area contributed by atoms with E-state index < -0.39 is 23.9 Å². The maximum absolute atomic E-state index is 14.4. The molecule has 1 unspecified atom stereocenters. The smallest absolute Gasteiger partial charge is 0.328 e. The molecule has 1 rings (SSSR count). The highest BCUT2D eigenvalue weighted by Crippen LogP contribution is 2.20. The Hall–Kier alpha value is -3.60. The SMILES string of the molecule is C=CCN(C)C/C=C/COc1ccc(C(=O)CC(O)CCCCCCCCCCN(C)CC=C)cc1F.O=C(O)/C=C/C(=O)O. The first-order chi connectivity index (χ1) is 21.5. The van der Waals surface area contributed by atoms with Crippen LogP contribution in [0.2, 0.25) is 0 Å². The minimum Gasteiger partial charge on any atom is -0.486 e. The van der Waals surface area contributed by atoms with E-state index in [0.29, 0.717) is 18.6 Å². The third-order valence-electron chi connectivity index (χ3n) is 6.67. The summed E-state index contributed by atoms with van der Waals surface area (Å²) in [5.74, 6) is -3.22. The average molecular weight is 633 g/mol. The second kappa shape index (κ2) is 26.8. The van der Waals surface area contributed by atoms with Gasteiger partial charge in [-0.1, -0.05) is 69.2 Å². The molecular formula is C35H53FN2O7. The summed E-state index contributed by atoms with van der Waals surface area (Å²) >= 11 is 0. The van der Waals surface area contributed by atoms with Crippen molar-refractivity contribution >= 4 is 17.7 Å². The third-order valence-corrected chi connectivity index (χ3v) is 6.67. The summed E-state index contributed by atoms with van der Waals surface area (Å²) in [7, 11) is 4.11. The van der Waals surface area contributed by atoms with Crippen LogP contribution in [-0.2, 0) is 9.59 Å². The Kier molecular flexibility index (Phi) is 24.6. The Morgan fingerprint density at radius 2 is 1.40 bits per heavy atom. The fourth-order valence-electron chi connectivity index (χ4n) is 4.26. The largest absolute Gasteiger partial charge is 0.486 e. The molecule has 10 heteroatoms. The van der Waals surface area contributed by atoms with Crippen molar-refractivity contribution in [1.82, 2.24) is 9.80 Å². The number of aliphatic hydroxyl groups excluding tert-OH is 1. The molecule has 1 aromatic carbocycles. The molecule has 0 aliphatic heterocycles. The molecule has 252 valence electrons. The lowest BCUT2D eigenvalue weighted by molar-refractivity contribution is -0.134. The number of likely N-dealkylation sites (N-methyl/N-ethyl adjacent to an activating group) is 2. The first-order valence-electron chi connectivity index (χ1n) is 15.5. The molecule has 0 saturated heterocycles. The van der Waals surface area contributed by atoms with E-state index in [1.54, 1.807) is 6.07 Å². The van der Waals surface area contributed by atoms with Crippen molar-refractivity contribution in [3.63, 3.8) is 0 Å². The number of benzene rings is 1. The Morgan fingerprint density at radius 3 is 1.96 bits per heavy atom. The maximum atomic E-state index is 14.4. The number of carboxylic acids is 2. The summed E-state index contributed by atoms with van der Waals surface area (Å²) in [5.41, 5.74) is 0.265. The van der Waals surface area contributed by atoms with Crippen LogP contribution in [0.4, 0.5) is 4.39 Å². The van der Waals surface area contributed by atoms with Gasteiger partial charge in [-0.2, -0.15) is 0 Å². The summed E-state index contributed by atoms with van der Waals surface area (Å²) in [6, 6.07) is 4.24. The molecule has 1 atom stereocenters. The fraction of sp³-hybridized carbons (Fsp3) is 0.514. The van der Waals surface area contributed by atoms with E-state index in [4.69, 9.17) is 14.9 Å². The molecule has 0 spiro atoms. The normalized spacial score (nSPS) is 11.9. The summed E-state index contributed by atoms with van der Waals surface area (Å²) < 4.78 is 19.8. The lowest BCUT2D eigenvalue weighted by Crippen LogP contribution is -2.19. The van der Waals surface area contributed by atoms with Gasteiger partial charge in [-0.3, -0.25) is 9.69 Å². The predicted molar refractivity (Wildman–Crippen MR) is 177 cm³/mol. The van der Waals surface area contributed by atoms with Gasteiger partial charge in [0, 0.05) is 43.8 Å². The van der Waals surface area contributed by atoms with E-state index in [9.17, 15) is 23.9 Å². The maximum Gasteiger partial charge on any atom is 0.328 e. The van der Waals surface area contributed by atoms with Crippen LogP contribution in [0.3, 0.4) is 0 Å². The van der Waals surface area contributed by atoms with E-state index in [0.717, 1.165) is 45.4 Å². The zero-order chi connectivity index (χ0) is 33.9. The predicted octanol–water partition coefficient (Wildman–Crippen LogP) is 6.15. The van der Waals surface area contributed by atoms with Crippen LogP contribution in [0, 0.1) is 5.82 Å². The third kappa shape index (κ3) is 24.4. The van der Waals surface area contributed by atoms with Crippen molar-refractivity contribution in [2.75, 3.05) is 46.9 Å². The number of carbonyl (C=O) groups excluding carboxylic acids is 1. The number of aliphatic carboxylic acids is 2. The van der Waals surface area contributed by atoms with E-state index in [-0.39, 0.29) is 30.1 Å². The number of halogens is 1. The molecule has 0 saturated carbocycles. The van der Waals surface area contributed by atoms with Gasteiger partial charge in [0.25, 0.3) is 0 Å². The number of hydrogen-bond acceptors (Lipinski definition) is 7. The zero-order valence-corrected chi connectivity index (χ0v) is 27.0. The monoisotopic (exact) mass is 632 g/mol. The highest BCUT2D eigenvalue weighted by atomic mass is 19.1. The van der Waals surface area contributed by atoms with Gasteiger partial charge in [0.1, 0.15) is 6.61 Å². The zero-order valence-electron chi connectivity index (χ0n) is 27.0. The number of aliphatic hydroxyl groups is 1. The van der Waals surface area contributed by atoms with Gasteiger partial charge >= 0.3 is 11.9 Å². The van der Waals surface area contributed by atoms with Crippen molar-refractivity contribution in [2.45, 2.75) is 70.3 Å². The quantitative estimate of drug-likeness (QED) is 0.0503. The molecule has 0 aliphatic carbocycles. The standard InChI is InChI=1S/C31H49FN2O3.C4H4O4/c1-5-20-33(3)22-14-12-10-8-7-9-11-13-17-28(35)26-30(36)27-18-19-31(29(32)25-27)37-24-16-15-23-34(4)21-6-2;5-3(6)1-2-4(7)8/h5-6,15-16,18-19,25,28,35H,1-2,7-14,17,20-24,26H2,3-4H3;1-2H,(H,5,6)(H,7,8)/b16-15+;2-1+. The van der Waals surface area contributed by atoms with Crippen molar-refractivity contribution < 1.29 is 38.8 Å². The molecular weight excluding hydrogens is 579 g/mol. The van der Waals surface area contributed by atoms with E-state index in [2.05, 4.69) is 30.0 Å². The number of unbranched alkanes of at least 4 members (excludes halogenated alkanes) is 7. The molecule has 0 aliphatic rings. The minimum absolute atomic E-state index is 0.0148. The van der Waals surface area contributed by atoms with Gasteiger partial charge < -0.3 is 25.0 Å². The molecule has 9 nitrogen and oxygen atoms in total. The lowest BCUT2D eigenvalue weighted by atomic mass is 10.0. The highest BCUT2D eigenvalue weighted by molar-refractivity contribution is 5.96. The van der Waals surface area contributed by atoms with Gasteiger partial charge in [0.2, 0.25) is 0 Å². The topological polar surface area (TPSA) is 128 Å². The van der Waals surface area contributed by atoms with Crippen LogP contribution >= 0.6 is 0 Å². The first-order valence-corrected chi connectivity index (χ1v) is 15.5. The van der Waals surface area contributed by atoms with Crippen LogP contribution < -0.4 is 4.74 Å². The molecule has 1 aromatic rings. The van der Waals surface area contributed by atoms with E-state index in [1.165, 1.54) is 44.2 Å². The molecule has 45 heavy (non-hydrogen) atoms. The molecule has 0 fully saturated rings. The minimum atomic E-state index is -1.26. The number of Topliss-reactive ketones (excluding diaryl/α,β-unsaturated/α-hetero) is 1.